The lowest BCUT2D eigenvalue weighted by molar-refractivity contribution is -0.123. The Bertz CT molecular complexity index is 661. The van der Waals surface area contributed by atoms with Gasteiger partial charge < -0.3 is 4.90 Å². The van der Waals surface area contributed by atoms with Gasteiger partial charge in [0.05, 0.1) is 17.3 Å². The second-order valence-electron chi connectivity index (χ2n) is 5.20. The fourth-order valence-corrected chi connectivity index (χ4v) is 2.30. The number of imide groups is 1. The van der Waals surface area contributed by atoms with E-state index in [-0.39, 0.29) is 10.9 Å². The molecule has 5 nitrogen and oxygen atoms in total. The van der Waals surface area contributed by atoms with E-state index in [1.165, 1.54) is 11.0 Å². The van der Waals surface area contributed by atoms with Gasteiger partial charge in [-0.2, -0.15) is 0 Å². The molecule has 1 heterocycles. The van der Waals surface area contributed by atoms with Crippen molar-refractivity contribution in [2.45, 2.75) is 26.3 Å². The SMILES string of the molecule is [C-]#[N+]c1ccc(N2C(=O)N(C)C(C)(C)C2=O)c(C)c1Cl. The van der Waals surface area contributed by atoms with Gasteiger partial charge in [0.15, 0.2) is 0 Å². The molecule has 0 bridgehead atoms. The van der Waals surface area contributed by atoms with Crippen molar-refractivity contribution in [3.63, 3.8) is 0 Å². The molecule has 6 heteroatoms. The number of hydrogen-bond acceptors (Lipinski definition) is 2. The lowest BCUT2D eigenvalue weighted by Gasteiger charge is -2.22. The minimum Gasteiger partial charge on any atom is -0.313 e. The summed E-state index contributed by atoms with van der Waals surface area (Å²) in [7, 11) is 1.59. The Morgan fingerprint density at radius 1 is 1.30 bits per heavy atom. The first-order valence-corrected chi connectivity index (χ1v) is 6.40. The second kappa shape index (κ2) is 4.50. The molecule has 1 fully saturated rings. The molecule has 104 valence electrons. The smallest absolute Gasteiger partial charge is 0.313 e. The maximum Gasteiger partial charge on any atom is 0.332 e. The van der Waals surface area contributed by atoms with E-state index >= 15 is 0 Å². The highest BCUT2D eigenvalue weighted by molar-refractivity contribution is 6.35. The molecule has 1 aliphatic rings. The molecule has 1 saturated heterocycles. The van der Waals surface area contributed by atoms with Crippen molar-refractivity contribution in [3.05, 3.63) is 34.1 Å². The highest BCUT2D eigenvalue weighted by atomic mass is 35.5. The van der Waals surface area contributed by atoms with Crippen molar-refractivity contribution in [1.29, 1.82) is 0 Å². The summed E-state index contributed by atoms with van der Waals surface area (Å²) in [6, 6.07) is 2.71. The van der Waals surface area contributed by atoms with Gasteiger partial charge in [-0.15, -0.1) is 0 Å². The first-order valence-electron chi connectivity index (χ1n) is 6.02. The van der Waals surface area contributed by atoms with Crippen molar-refractivity contribution >= 4 is 34.9 Å². The van der Waals surface area contributed by atoms with Gasteiger partial charge in [0, 0.05) is 7.05 Å². The molecule has 0 unspecified atom stereocenters. The molecule has 0 saturated carbocycles. The molecule has 0 atom stereocenters. The molecule has 0 N–H and O–H groups in total. The van der Waals surface area contributed by atoms with Crippen LogP contribution in [-0.2, 0) is 4.79 Å². The zero-order valence-electron chi connectivity index (χ0n) is 11.7. The number of nitrogens with zero attached hydrogens (tertiary/aromatic N) is 3. The van der Waals surface area contributed by atoms with Crippen molar-refractivity contribution in [3.8, 4) is 0 Å². The highest BCUT2D eigenvalue weighted by Gasteiger charge is 2.50. The summed E-state index contributed by atoms with van der Waals surface area (Å²) in [5, 5.41) is 0.269. The monoisotopic (exact) mass is 291 g/mol. The van der Waals surface area contributed by atoms with Crippen LogP contribution < -0.4 is 4.90 Å². The number of amides is 3. The topological polar surface area (TPSA) is 45.0 Å². The van der Waals surface area contributed by atoms with Crippen LogP contribution in [0.2, 0.25) is 5.02 Å². The van der Waals surface area contributed by atoms with E-state index in [1.807, 2.05) is 0 Å². The fourth-order valence-electron chi connectivity index (χ4n) is 2.09. The third kappa shape index (κ3) is 1.76. The summed E-state index contributed by atoms with van der Waals surface area (Å²) in [5.41, 5.74) is 0.386. The third-order valence-electron chi connectivity index (χ3n) is 3.74. The van der Waals surface area contributed by atoms with E-state index in [0.717, 1.165) is 4.90 Å². The number of likely N-dealkylation sites (N-methyl/N-ethyl adjacent to an activating group) is 1. The number of benzene rings is 1. The standard InChI is InChI=1S/C14H14ClN3O2/c1-8-10(7-6-9(16-4)11(8)15)18-12(19)14(2,3)17(5)13(18)20/h6-7H,1-3,5H3. The van der Waals surface area contributed by atoms with Crippen LogP contribution in [0.4, 0.5) is 16.2 Å². The number of urea groups is 1. The second-order valence-corrected chi connectivity index (χ2v) is 5.57. The summed E-state index contributed by atoms with van der Waals surface area (Å²) < 4.78 is 0. The van der Waals surface area contributed by atoms with E-state index in [0.29, 0.717) is 16.9 Å². The van der Waals surface area contributed by atoms with Crippen LogP contribution in [0.3, 0.4) is 0 Å². The molecule has 1 aromatic rings. The molecular weight excluding hydrogens is 278 g/mol. The Balaban J connectivity index is 2.60. The van der Waals surface area contributed by atoms with Gasteiger partial charge in [0.1, 0.15) is 5.54 Å². The van der Waals surface area contributed by atoms with Crippen LogP contribution in [0.15, 0.2) is 12.1 Å². The predicted octanol–water partition coefficient (Wildman–Crippen LogP) is 3.38. The summed E-state index contributed by atoms with van der Waals surface area (Å²) in [4.78, 5) is 30.5. The minimum atomic E-state index is -0.894. The van der Waals surface area contributed by atoms with Gasteiger partial charge in [-0.25, -0.2) is 14.5 Å². The first-order chi connectivity index (χ1) is 9.23. The first kappa shape index (κ1) is 14.4. The molecule has 20 heavy (non-hydrogen) atoms. The van der Waals surface area contributed by atoms with Gasteiger partial charge >= 0.3 is 6.03 Å². The summed E-state index contributed by atoms with van der Waals surface area (Å²) in [5.74, 6) is -0.306. The third-order valence-corrected chi connectivity index (χ3v) is 4.22. The molecule has 0 aromatic heterocycles. The molecule has 2 rings (SSSR count). The highest BCUT2D eigenvalue weighted by Crippen LogP contribution is 2.38. The number of carbonyl (C=O) groups excluding carboxylic acids is 2. The maximum atomic E-state index is 12.4. The molecule has 0 spiro atoms. The summed E-state index contributed by atoms with van der Waals surface area (Å²) >= 11 is 6.10. The molecule has 0 radical (unpaired) electrons. The number of halogens is 1. The molecule has 1 aliphatic heterocycles. The van der Waals surface area contributed by atoms with Crippen LogP contribution in [-0.4, -0.2) is 29.4 Å². The van der Waals surface area contributed by atoms with Gasteiger partial charge in [-0.3, -0.25) is 4.79 Å². The van der Waals surface area contributed by atoms with Crippen LogP contribution >= 0.6 is 11.6 Å². The van der Waals surface area contributed by atoms with Gasteiger partial charge in [0.2, 0.25) is 5.69 Å². The van der Waals surface area contributed by atoms with E-state index < -0.39 is 11.6 Å². The van der Waals surface area contributed by atoms with Crippen molar-refractivity contribution in [2.24, 2.45) is 0 Å². The van der Waals surface area contributed by atoms with E-state index in [2.05, 4.69) is 4.85 Å². The maximum absolute atomic E-state index is 12.4. The number of carbonyl (C=O) groups is 2. The van der Waals surface area contributed by atoms with E-state index in [1.54, 1.807) is 33.9 Å². The Morgan fingerprint density at radius 3 is 2.35 bits per heavy atom. The fraction of sp³-hybridized carbons (Fsp3) is 0.357. The van der Waals surface area contributed by atoms with Crippen LogP contribution in [0.1, 0.15) is 19.4 Å². The summed E-state index contributed by atoms with van der Waals surface area (Å²) in [6.07, 6.45) is 0. The average Bonchev–Trinajstić information content (AvgIpc) is 2.55. The number of hydrogen-bond donors (Lipinski definition) is 0. The quantitative estimate of drug-likeness (QED) is 0.588. The van der Waals surface area contributed by atoms with Crippen LogP contribution in [0, 0.1) is 13.5 Å². The zero-order chi connectivity index (χ0) is 15.2. The normalized spacial score (nSPS) is 17.6. The lowest BCUT2D eigenvalue weighted by Crippen LogP contribution is -2.41. The number of anilines is 1. The van der Waals surface area contributed by atoms with Gasteiger partial charge in [-0.05, 0) is 32.4 Å². The van der Waals surface area contributed by atoms with Crippen LogP contribution in [0.25, 0.3) is 4.85 Å². The minimum absolute atomic E-state index is 0.269. The average molecular weight is 292 g/mol. The van der Waals surface area contributed by atoms with Crippen molar-refractivity contribution < 1.29 is 9.59 Å². The van der Waals surface area contributed by atoms with Crippen LogP contribution in [0.5, 0.6) is 0 Å². The number of rotatable bonds is 1. The summed E-state index contributed by atoms with van der Waals surface area (Å²) in [6.45, 7) is 12.1. The van der Waals surface area contributed by atoms with Gasteiger partial charge in [-0.1, -0.05) is 17.7 Å². The van der Waals surface area contributed by atoms with E-state index in [4.69, 9.17) is 18.2 Å². The van der Waals surface area contributed by atoms with Crippen molar-refractivity contribution in [2.75, 3.05) is 11.9 Å². The molecule has 0 aliphatic carbocycles. The Kier molecular flexibility index (Phi) is 3.23. The Morgan fingerprint density at radius 2 is 1.90 bits per heavy atom. The molecule has 3 amide bonds. The van der Waals surface area contributed by atoms with E-state index in [9.17, 15) is 9.59 Å². The predicted molar refractivity (Wildman–Crippen MR) is 77.2 cm³/mol. The van der Waals surface area contributed by atoms with Gasteiger partial charge in [0.25, 0.3) is 5.91 Å². The molecule has 1 aromatic carbocycles. The Hall–Kier alpha value is -2.06. The van der Waals surface area contributed by atoms with Crippen molar-refractivity contribution in [1.82, 2.24) is 4.90 Å². The largest absolute Gasteiger partial charge is 0.332 e. The zero-order valence-corrected chi connectivity index (χ0v) is 12.4. The lowest BCUT2D eigenvalue weighted by atomic mass is 10.0. The Labute approximate surface area is 122 Å². The molecular formula is C14H14ClN3O2.